The zero-order chi connectivity index (χ0) is 17.2. The molecule has 1 aromatic heterocycles. The second-order valence-corrected chi connectivity index (χ2v) is 6.53. The van der Waals surface area contributed by atoms with E-state index in [-0.39, 0.29) is 5.56 Å². The Hall–Kier alpha value is -3.05. The molecule has 1 heterocycles. The van der Waals surface area contributed by atoms with E-state index in [1.165, 1.54) is 12.1 Å². The smallest absolute Gasteiger partial charge is 0.258 e. The Labute approximate surface area is 147 Å². The number of para-hydroxylation sites is 1. The molecule has 0 spiro atoms. The minimum atomic E-state index is -0.536. The van der Waals surface area contributed by atoms with Crippen LogP contribution in [0.25, 0.3) is 20.8 Å². The number of halogens is 1. The molecule has 4 aromatic rings. The molecule has 0 bridgehead atoms. The van der Waals surface area contributed by atoms with Gasteiger partial charge in [-0.3, -0.25) is 4.79 Å². The van der Waals surface area contributed by atoms with Crippen molar-refractivity contribution in [1.82, 2.24) is 4.98 Å². The van der Waals surface area contributed by atoms with Gasteiger partial charge in [0.05, 0.1) is 15.8 Å². The predicted molar refractivity (Wildman–Crippen MR) is 99.4 cm³/mol. The van der Waals surface area contributed by atoms with Gasteiger partial charge in [-0.25, -0.2) is 9.37 Å². The molecule has 3 nitrogen and oxygen atoms in total. The van der Waals surface area contributed by atoms with Crippen molar-refractivity contribution in [2.24, 2.45) is 0 Å². The van der Waals surface area contributed by atoms with Crippen LogP contribution in [0.1, 0.15) is 10.4 Å². The molecule has 0 fully saturated rings. The number of rotatable bonds is 3. The topological polar surface area (TPSA) is 42.0 Å². The summed E-state index contributed by atoms with van der Waals surface area (Å²) >= 11 is 1.62. The van der Waals surface area contributed by atoms with Crippen molar-refractivity contribution in [2.45, 2.75) is 0 Å². The molecule has 4 rings (SSSR count). The van der Waals surface area contributed by atoms with E-state index in [0.717, 1.165) is 20.8 Å². The van der Waals surface area contributed by atoms with Gasteiger partial charge in [0.25, 0.3) is 5.91 Å². The Morgan fingerprint density at radius 1 is 0.920 bits per heavy atom. The van der Waals surface area contributed by atoms with Crippen molar-refractivity contribution >= 4 is 33.1 Å². The molecule has 122 valence electrons. The number of hydrogen-bond acceptors (Lipinski definition) is 3. The van der Waals surface area contributed by atoms with Gasteiger partial charge in [0.1, 0.15) is 10.8 Å². The molecule has 0 radical (unpaired) electrons. The summed E-state index contributed by atoms with van der Waals surface area (Å²) in [4.78, 5) is 16.8. The minimum Gasteiger partial charge on any atom is -0.322 e. The molecule has 0 saturated carbocycles. The Bertz CT molecular complexity index is 1020. The van der Waals surface area contributed by atoms with Gasteiger partial charge in [-0.2, -0.15) is 0 Å². The highest BCUT2D eigenvalue weighted by molar-refractivity contribution is 7.21. The van der Waals surface area contributed by atoms with Crippen molar-refractivity contribution in [3.63, 3.8) is 0 Å². The van der Waals surface area contributed by atoms with Crippen LogP contribution in [-0.4, -0.2) is 10.9 Å². The van der Waals surface area contributed by atoms with Crippen LogP contribution < -0.4 is 5.32 Å². The second-order valence-electron chi connectivity index (χ2n) is 5.50. The summed E-state index contributed by atoms with van der Waals surface area (Å²) in [5.41, 5.74) is 2.58. The number of hydrogen-bond donors (Lipinski definition) is 1. The van der Waals surface area contributed by atoms with Crippen molar-refractivity contribution in [3.8, 4) is 10.6 Å². The van der Waals surface area contributed by atoms with Crippen LogP contribution in [0.5, 0.6) is 0 Å². The standard InChI is InChI=1S/C20H13FN2OS/c21-16-6-2-1-5-15(16)19(24)22-14-11-9-13(10-12-14)20-23-17-7-3-4-8-18(17)25-20/h1-12H,(H,22,24). The highest BCUT2D eigenvalue weighted by Crippen LogP contribution is 2.30. The highest BCUT2D eigenvalue weighted by Gasteiger charge is 2.11. The van der Waals surface area contributed by atoms with E-state index in [2.05, 4.69) is 10.3 Å². The molecule has 0 unspecified atom stereocenters. The number of thiazole rings is 1. The number of benzene rings is 3. The normalized spacial score (nSPS) is 10.8. The monoisotopic (exact) mass is 348 g/mol. The molecule has 0 saturated heterocycles. The van der Waals surface area contributed by atoms with Crippen LogP contribution in [0.3, 0.4) is 0 Å². The highest BCUT2D eigenvalue weighted by atomic mass is 32.1. The predicted octanol–water partition coefficient (Wildman–Crippen LogP) is 5.35. The van der Waals surface area contributed by atoms with Gasteiger partial charge in [-0.05, 0) is 48.5 Å². The molecule has 0 aliphatic heterocycles. The van der Waals surface area contributed by atoms with Crippen LogP contribution in [-0.2, 0) is 0 Å². The first kappa shape index (κ1) is 15.5. The van der Waals surface area contributed by atoms with Gasteiger partial charge < -0.3 is 5.32 Å². The fraction of sp³-hybridized carbons (Fsp3) is 0. The molecule has 25 heavy (non-hydrogen) atoms. The first-order valence-corrected chi connectivity index (χ1v) is 8.54. The molecular weight excluding hydrogens is 335 g/mol. The van der Waals surface area contributed by atoms with E-state index < -0.39 is 11.7 Å². The maximum Gasteiger partial charge on any atom is 0.258 e. The molecule has 1 N–H and O–H groups in total. The lowest BCUT2D eigenvalue weighted by molar-refractivity contribution is 0.102. The molecule has 0 aliphatic rings. The largest absolute Gasteiger partial charge is 0.322 e. The van der Waals surface area contributed by atoms with Crippen molar-refractivity contribution in [3.05, 3.63) is 84.2 Å². The quantitative estimate of drug-likeness (QED) is 0.542. The van der Waals surface area contributed by atoms with Crippen LogP contribution in [0, 0.1) is 5.82 Å². The van der Waals surface area contributed by atoms with E-state index in [4.69, 9.17) is 0 Å². The molecule has 1 amide bonds. The molecule has 5 heteroatoms. The first-order valence-electron chi connectivity index (χ1n) is 7.72. The van der Waals surface area contributed by atoms with E-state index in [9.17, 15) is 9.18 Å². The van der Waals surface area contributed by atoms with E-state index in [1.54, 1.807) is 35.6 Å². The van der Waals surface area contributed by atoms with Crippen LogP contribution in [0.4, 0.5) is 10.1 Å². The fourth-order valence-electron chi connectivity index (χ4n) is 2.54. The van der Waals surface area contributed by atoms with Crippen LogP contribution in [0.2, 0.25) is 0 Å². The molecule has 3 aromatic carbocycles. The van der Waals surface area contributed by atoms with Gasteiger partial charge >= 0.3 is 0 Å². The summed E-state index contributed by atoms with van der Waals surface area (Å²) < 4.78 is 14.8. The third-order valence-corrected chi connectivity index (χ3v) is 4.89. The maximum atomic E-state index is 13.7. The third-order valence-electron chi connectivity index (χ3n) is 3.80. The van der Waals surface area contributed by atoms with E-state index in [0.29, 0.717) is 5.69 Å². The number of nitrogens with one attached hydrogen (secondary N) is 1. The number of fused-ring (bicyclic) bond motifs is 1. The lowest BCUT2D eigenvalue weighted by Gasteiger charge is -2.06. The average molecular weight is 348 g/mol. The molecule has 0 atom stereocenters. The van der Waals surface area contributed by atoms with Gasteiger partial charge in [0.2, 0.25) is 0 Å². The van der Waals surface area contributed by atoms with Gasteiger partial charge in [-0.1, -0.05) is 24.3 Å². The van der Waals surface area contributed by atoms with Crippen LogP contribution in [0.15, 0.2) is 72.8 Å². The van der Waals surface area contributed by atoms with E-state index in [1.807, 2.05) is 36.4 Å². The number of amides is 1. The Kier molecular flexibility index (Phi) is 3.99. The Morgan fingerprint density at radius 3 is 2.40 bits per heavy atom. The summed E-state index contributed by atoms with van der Waals surface area (Å²) in [5, 5.41) is 3.63. The summed E-state index contributed by atoms with van der Waals surface area (Å²) in [6.45, 7) is 0. The number of aromatic nitrogens is 1. The van der Waals surface area contributed by atoms with Gasteiger partial charge in [0.15, 0.2) is 0 Å². The SMILES string of the molecule is O=C(Nc1ccc(-c2nc3ccccc3s2)cc1)c1ccccc1F. The third kappa shape index (κ3) is 3.14. The van der Waals surface area contributed by atoms with Gasteiger partial charge in [-0.15, -0.1) is 11.3 Å². The minimum absolute atomic E-state index is 0.0257. The number of nitrogens with zero attached hydrogens (tertiary/aromatic N) is 1. The fourth-order valence-corrected chi connectivity index (χ4v) is 3.51. The molecule has 0 aliphatic carbocycles. The summed E-state index contributed by atoms with van der Waals surface area (Å²) in [6.07, 6.45) is 0. The second kappa shape index (κ2) is 6.45. The van der Waals surface area contributed by atoms with Gasteiger partial charge in [0, 0.05) is 11.3 Å². The number of carbonyl (C=O) groups is 1. The molecular formula is C20H13FN2OS. The van der Waals surface area contributed by atoms with Crippen molar-refractivity contribution in [2.75, 3.05) is 5.32 Å². The Balaban J connectivity index is 1.56. The lowest BCUT2D eigenvalue weighted by Crippen LogP contribution is -2.13. The Morgan fingerprint density at radius 2 is 1.64 bits per heavy atom. The zero-order valence-electron chi connectivity index (χ0n) is 13.1. The summed E-state index contributed by atoms with van der Waals surface area (Å²) in [7, 11) is 0. The van der Waals surface area contributed by atoms with Crippen LogP contribution >= 0.6 is 11.3 Å². The number of anilines is 1. The first-order chi connectivity index (χ1) is 12.2. The van der Waals surface area contributed by atoms with Crippen molar-refractivity contribution < 1.29 is 9.18 Å². The number of carbonyl (C=O) groups excluding carboxylic acids is 1. The van der Waals surface area contributed by atoms with Crippen molar-refractivity contribution in [1.29, 1.82) is 0 Å². The van der Waals surface area contributed by atoms with E-state index >= 15 is 0 Å². The summed E-state index contributed by atoms with van der Waals surface area (Å²) in [5.74, 6) is -1.00. The maximum absolute atomic E-state index is 13.7. The summed E-state index contributed by atoms with van der Waals surface area (Å²) in [6, 6.07) is 21.3. The zero-order valence-corrected chi connectivity index (χ0v) is 13.9. The average Bonchev–Trinajstić information content (AvgIpc) is 3.07. The lowest BCUT2D eigenvalue weighted by atomic mass is 10.1.